The minimum absolute atomic E-state index is 0.000926. The van der Waals surface area contributed by atoms with Crippen molar-refractivity contribution in [2.24, 2.45) is 0 Å². The van der Waals surface area contributed by atoms with Crippen molar-refractivity contribution in [2.45, 2.75) is 71.9 Å². The van der Waals surface area contributed by atoms with Gasteiger partial charge in [-0.05, 0) is 59.6 Å². The normalized spacial score (nSPS) is 11.8. The average molecular weight is 413 g/mol. The number of aryl methyl sites for hydroxylation is 3. The van der Waals surface area contributed by atoms with Crippen molar-refractivity contribution < 1.29 is 22.7 Å². The fourth-order valence-corrected chi connectivity index (χ4v) is 4.89. The van der Waals surface area contributed by atoms with Crippen molar-refractivity contribution >= 4 is 21.9 Å². The van der Waals surface area contributed by atoms with Crippen molar-refractivity contribution in [3.8, 4) is 0 Å². The molecule has 0 bridgehead atoms. The highest BCUT2D eigenvalue weighted by atomic mass is 32.2. The Morgan fingerprint density at radius 3 is 2.00 bits per heavy atom. The molecule has 0 unspecified atom stereocenters. The van der Waals surface area contributed by atoms with Gasteiger partial charge in [0.05, 0.1) is 11.3 Å². The quantitative estimate of drug-likeness (QED) is 0.629. The van der Waals surface area contributed by atoms with E-state index >= 15 is 0 Å². The van der Waals surface area contributed by atoms with Gasteiger partial charge in [0.15, 0.2) is 6.61 Å². The molecule has 0 aliphatic rings. The third kappa shape index (κ3) is 6.60. The maximum atomic E-state index is 12.5. The molecule has 7 nitrogen and oxygen atoms in total. The van der Waals surface area contributed by atoms with E-state index in [1.165, 1.54) is 0 Å². The molecule has 0 saturated carbocycles. The summed E-state index contributed by atoms with van der Waals surface area (Å²) in [5.74, 6) is -0.898. The van der Waals surface area contributed by atoms with E-state index in [-0.39, 0.29) is 42.5 Å². The fourth-order valence-electron chi connectivity index (χ4n) is 3.41. The lowest BCUT2D eigenvalue weighted by Crippen LogP contribution is -2.44. The van der Waals surface area contributed by atoms with Crippen molar-refractivity contribution in [1.82, 2.24) is 9.62 Å². The largest absolute Gasteiger partial charge is 0.456 e. The topological polar surface area (TPSA) is 92.8 Å². The third-order valence-corrected chi connectivity index (χ3v) is 6.02. The zero-order chi connectivity index (χ0) is 21.6. The molecule has 0 aliphatic heterocycles. The summed E-state index contributed by atoms with van der Waals surface area (Å²) in [5, 5.41) is 0. The lowest BCUT2D eigenvalue weighted by molar-refractivity contribution is -0.153. The molecule has 0 aliphatic carbocycles. The SMILES string of the molecule is Cc1cc(C)c(S(=O)(=O)NCCC(=O)OCC(=O)N(C(C)C)C(C)C)c(C)c1. The summed E-state index contributed by atoms with van der Waals surface area (Å²) < 4.78 is 32.5. The minimum atomic E-state index is -3.73. The van der Waals surface area contributed by atoms with Gasteiger partial charge in [0.2, 0.25) is 10.0 Å². The summed E-state index contributed by atoms with van der Waals surface area (Å²) in [5.41, 5.74) is 2.29. The Hall–Kier alpha value is -1.93. The van der Waals surface area contributed by atoms with Crippen LogP contribution in [0.1, 0.15) is 50.8 Å². The molecule has 0 aromatic heterocycles. The van der Waals surface area contributed by atoms with Crippen molar-refractivity contribution in [1.29, 1.82) is 0 Å². The predicted octanol–water partition coefficient (Wildman–Crippen LogP) is 2.47. The molecule has 8 heteroatoms. The van der Waals surface area contributed by atoms with E-state index < -0.39 is 16.0 Å². The second-order valence-electron chi connectivity index (χ2n) is 7.52. The van der Waals surface area contributed by atoms with Gasteiger partial charge in [-0.1, -0.05) is 17.7 Å². The van der Waals surface area contributed by atoms with Gasteiger partial charge < -0.3 is 9.64 Å². The van der Waals surface area contributed by atoms with Crippen LogP contribution in [0.15, 0.2) is 17.0 Å². The second-order valence-corrected chi connectivity index (χ2v) is 9.23. The number of esters is 1. The molecule has 0 spiro atoms. The van der Waals surface area contributed by atoms with Gasteiger partial charge >= 0.3 is 5.97 Å². The molecule has 1 N–H and O–H groups in total. The van der Waals surface area contributed by atoms with E-state index in [9.17, 15) is 18.0 Å². The zero-order valence-electron chi connectivity index (χ0n) is 17.8. The Bertz CT molecular complexity index is 785. The van der Waals surface area contributed by atoms with Gasteiger partial charge in [-0.25, -0.2) is 13.1 Å². The number of hydrogen-bond acceptors (Lipinski definition) is 5. The maximum Gasteiger partial charge on any atom is 0.307 e. The number of sulfonamides is 1. The van der Waals surface area contributed by atoms with E-state index in [1.54, 1.807) is 30.9 Å². The van der Waals surface area contributed by atoms with Crippen LogP contribution in [0.3, 0.4) is 0 Å². The molecular formula is C20H32N2O5S. The number of ether oxygens (including phenoxy) is 1. The van der Waals surface area contributed by atoms with E-state index in [4.69, 9.17) is 4.74 Å². The van der Waals surface area contributed by atoms with E-state index in [1.807, 2.05) is 34.6 Å². The Morgan fingerprint density at radius 1 is 1.04 bits per heavy atom. The molecule has 158 valence electrons. The van der Waals surface area contributed by atoms with Crippen LogP contribution in [0, 0.1) is 20.8 Å². The van der Waals surface area contributed by atoms with Gasteiger partial charge in [-0.15, -0.1) is 0 Å². The lowest BCUT2D eigenvalue weighted by atomic mass is 10.1. The van der Waals surface area contributed by atoms with E-state index in [0.717, 1.165) is 5.56 Å². The van der Waals surface area contributed by atoms with Crippen LogP contribution in [-0.2, 0) is 24.3 Å². The summed E-state index contributed by atoms with van der Waals surface area (Å²) in [4.78, 5) is 25.9. The predicted molar refractivity (Wildman–Crippen MR) is 109 cm³/mol. The van der Waals surface area contributed by atoms with Crippen LogP contribution in [0.2, 0.25) is 0 Å². The standard InChI is InChI=1S/C20H32N2O5S/c1-13(2)22(14(3)4)18(23)12-27-19(24)8-9-21-28(25,26)20-16(6)10-15(5)11-17(20)7/h10-11,13-14,21H,8-9,12H2,1-7H3. The third-order valence-electron chi connectivity index (χ3n) is 4.25. The fraction of sp³-hybridized carbons (Fsp3) is 0.600. The molecule has 1 aromatic carbocycles. The molecule has 28 heavy (non-hydrogen) atoms. The molecule has 0 radical (unpaired) electrons. The highest BCUT2D eigenvalue weighted by Crippen LogP contribution is 2.21. The molecular weight excluding hydrogens is 380 g/mol. The second kappa shape index (κ2) is 10.0. The summed E-state index contributed by atoms with van der Waals surface area (Å²) in [6.07, 6.45) is -0.153. The summed E-state index contributed by atoms with van der Waals surface area (Å²) >= 11 is 0. The number of carbonyl (C=O) groups is 2. The Balaban J connectivity index is 2.60. The molecule has 0 atom stereocenters. The number of nitrogens with one attached hydrogen (secondary N) is 1. The Kier molecular flexibility index (Phi) is 8.63. The van der Waals surface area contributed by atoms with Crippen LogP contribution in [0.4, 0.5) is 0 Å². The first-order chi connectivity index (χ1) is 12.9. The molecule has 0 saturated heterocycles. The van der Waals surface area contributed by atoms with Gasteiger partial charge in [-0.3, -0.25) is 9.59 Å². The molecule has 0 fully saturated rings. The average Bonchev–Trinajstić information content (AvgIpc) is 2.50. The molecule has 0 heterocycles. The monoisotopic (exact) mass is 412 g/mol. The van der Waals surface area contributed by atoms with Crippen LogP contribution >= 0.6 is 0 Å². The highest BCUT2D eigenvalue weighted by Gasteiger charge is 2.22. The van der Waals surface area contributed by atoms with Gasteiger partial charge in [0.25, 0.3) is 5.91 Å². The first-order valence-corrected chi connectivity index (χ1v) is 10.9. The van der Waals surface area contributed by atoms with Crippen LogP contribution in [0.25, 0.3) is 0 Å². The maximum absolute atomic E-state index is 12.5. The Labute approximate surface area is 168 Å². The van der Waals surface area contributed by atoms with Gasteiger partial charge in [0.1, 0.15) is 0 Å². The van der Waals surface area contributed by atoms with Gasteiger partial charge in [0, 0.05) is 18.6 Å². The highest BCUT2D eigenvalue weighted by molar-refractivity contribution is 7.89. The number of carbonyl (C=O) groups excluding carboxylic acids is 2. The summed E-state index contributed by atoms with van der Waals surface area (Å²) in [7, 11) is -3.73. The summed E-state index contributed by atoms with van der Waals surface area (Å²) in [6.45, 7) is 12.5. The van der Waals surface area contributed by atoms with Crippen molar-refractivity contribution in [2.75, 3.05) is 13.2 Å². The van der Waals surface area contributed by atoms with E-state index in [0.29, 0.717) is 11.1 Å². The number of nitrogens with zero attached hydrogens (tertiary/aromatic N) is 1. The lowest BCUT2D eigenvalue weighted by Gasteiger charge is -2.30. The van der Waals surface area contributed by atoms with Crippen molar-refractivity contribution in [3.05, 3.63) is 28.8 Å². The number of rotatable bonds is 9. The summed E-state index contributed by atoms with van der Waals surface area (Å²) in [6, 6.07) is 3.60. The van der Waals surface area contributed by atoms with E-state index in [2.05, 4.69) is 4.72 Å². The zero-order valence-corrected chi connectivity index (χ0v) is 18.6. The Morgan fingerprint density at radius 2 is 1.54 bits per heavy atom. The molecule has 1 rings (SSSR count). The van der Waals surface area contributed by atoms with Crippen LogP contribution in [-0.4, -0.2) is 50.4 Å². The molecule has 1 amide bonds. The first-order valence-electron chi connectivity index (χ1n) is 9.41. The van der Waals surface area contributed by atoms with Crippen LogP contribution < -0.4 is 4.72 Å². The van der Waals surface area contributed by atoms with Crippen LogP contribution in [0.5, 0.6) is 0 Å². The molecule has 1 aromatic rings. The minimum Gasteiger partial charge on any atom is -0.456 e. The number of hydrogen-bond donors (Lipinski definition) is 1. The number of benzene rings is 1. The van der Waals surface area contributed by atoms with Gasteiger partial charge in [-0.2, -0.15) is 0 Å². The van der Waals surface area contributed by atoms with Crippen molar-refractivity contribution in [3.63, 3.8) is 0 Å². The first kappa shape index (κ1) is 24.1. The smallest absolute Gasteiger partial charge is 0.307 e. The number of amides is 1.